The van der Waals surface area contributed by atoms with Crippen molar-refractivity contribution in [2.75, 3.05) is 0 Å². The zero-order valence-electron chi connectivity index (χ0n) is 12.6. The Bertz CT molecular complexity index is 1050. The van der Waals surface area contributed by atoms with Gasteiger partial charge in [-0.25, -0.2) is 27.3 Å². The largest absolute Gasteiger partial charge is 0.494 e. The average molecular weight is 356 g/mol. The molecule has 0 fully saturated rings. The number of hydrogen-bond acceptors (Lipinski definition) is 5. The van der Waals surface area contributed by atoms with E-state index < -0.39 is 57.2 Å². The molecule has 0 saturated heterocycles. The summed E-state index contributed by atoms with van der Waals surface area (Å²) in [6, 6.07) is 0.972. The van der Waals surface area contributed by atoms with Gasteiger partial charge in [-0.2, -0.15) is 5.26 Å². The molecule has 11 heteroatoms. The second-order valence-corrected chi connectivity index (χ2v) is 4.79. The van der Waals surface area contributed by atoms with Crippen molar-refractivity contribution in [1.82, 2.24) is 9.13 Å². The molecule has 0 bridgehead atoms. The van der Waals surface area contributed by atoms with Crippen molar-refractivity contribution in [1.29, 1.82) is 5.26 Å². The maximum atomic E-state index is 13.8. The topological polar surface area (TPSA) is 100 Å². The van der Waals surface area contributed by atoms with Crippen LogP contribution in [-0.4, -0.2) is 20.5 Å². The number of aliphatic imine (C=N–C) groups is 1. The highest BCUT2D eigenvalue weighted by Crippen LogP contribution is 2.29. The Morgan fingerprint density at radius 3 is 2.04 bits per heavy atom. The van der Waals surface area contributed by atoms with E-state index in [1.807, 2.05) is 0 Å². The zero-order valence-corrected chi connectivity index (χ0v) is 12.6. The Labute approximate surface area is 136 Å². The summed E-state index contributed by atoms with van der Waals surface area (Å²) in [5, 5.41) is 18.3. The van der Waals surface area contributed by atoms with E-state index in [9.17, 15) is 32.3 Å². The first-order chi connectivity index (χ1) is 11.6. The maximum absolute atomic E-state index is 13.8. The van der Waals surface area contributed by atoms with E-state index >= 15 is 0 Å². The molecule has 0 unspecified atom stereocenters. The fourth-order valence-electron chi connectivity index (χ4n) is 1.93. The first-order valence-corrected chi connectivity index (χ1v) is 6.42. The molecule has 7 nitrogen and oxygen atoms in total. The molecule has 1 heterocycles. The van der Waals surface area contributed by atoms with E-state index in [-0.39, 0.29) is 0 Å². The van der Waals surface area contributed by atoms with E-state index in [0.717, 1.165) is 20.2 Å². The molecule has 0 spiro atoms. The molecule has 0 aliphatic carbocycles. The lowest BCUT2D eigenvalue weighted by atomic mass is 10.1. The van der Waals surface area contributed by atoms with Crippen molar-refractivity contribution < 1.29 is 22.7 Å². The van der Waals surface area contributed by atoms with Gasteiger partial charge >= 0.3 is 5.69 Å². The predicted molar refractivity (Wildman–Crippen MR) is 76.8 cm³/mol. The zero-order chi connectivity index (χ0) is 19.0. The Morgan fingerprint density at radius 2 is 1.56 bits per heavy atom. The molecule has 25 heavy (non-hydrogen) atoms. The molecule has 0 saturated carbocycles. The molecular weight excluding hydrogens is 348 g/mol. The van der Waals surface area contributed by atoms with Crippen molar-refractivity contribution >= 4 is 11.9 Å². The van der Waals surface area contributed by atoms with Crippen LogP contribution >= 0.6 is 0 Å². The van der Waals surface area contributed by atoms with Crippen LogP contribution in [-0.2, 0) is 14.1 Å². The van der Waals surface area contributed by atoms with Gasteiger partial charge in [-0.05, 0) is 0 Å². The molecule has 0 aliphatic rings. The molecule has 1 aromatic carbocycles. The monoisotopic (exact) mass is 356 g/mol. The number of benzene rings is 1. The SMILES string of the molecule is Cn1c(O)c(C=Nc2c(F)c(F)c(C#N)c(F)c2F)c(=O)n(C)c1=O. The number of hydrogen-bond donors (Lipinski definition) is 1. The van der Waals surface area contributed by atoms with E-state index in [1.165, 1.54) is 0 Å². The first kappa shape index (κ1) is 17.9. The van der Waals surface area contributed by atoms with Gasteiger partial charge in [0, 0.05) is 20.3 Å². The number of aromatic hydroxyl groups is 1. The van der Waals surface area contributed by atoms with Crippen LogP contribution in [0.1, 0.15) is 11.1 Å². The molecule has 0 amide bonds. The minimum atomic E-state index is -1.95. The molecule has 2 aromatic rings. The molecule has 1 aromatic heterocycles. The lowest BCUT2D eigenvalue weighted by molar-refractivity contribution is 0.410. The van der Waals surface area contributed by atoms with Gasteiger partial charge in [-0.15, -0.1) is 0 Å². The summed E-state index contributed by atoms with van der Waals surface area (Å²) in [5.74, 6) is -8.68. The third-order valence-corrected chi connectivity index (χ3v) is 3.34. The fourth-order valence-corrected chi connectivity index (χ4v) is 1.93. The molecule has 130 valence electrons. The van der Waals surface area contributed by atoms with Gasteiger partial charge in [0.1, 0.15) is 22.9 Å². The van der Waals surface area contributed by atoms with Crippen molar-refractivity contribution in [3.05, 3.63) is 55.2 Å². The first-order valence-electron chi connectivity index (χ1n) is 6.42. The highest BCUT2D eigenvalue weighted by molar-refractivity contribution is 5.84. The number of halogens is 4. The molecule has 1 N–H and O–H groups in total. The minimum Gasteiger partial charge on any atom is -0.494 e. The third kappa shape index (κ3) is 2.67. The smallest absolute Gasteiger partial charge is 0.333 e. The van der Waals surface area contributed by atoms with Crippen molar-refractivity contribution in [3.63, 3.8) is 0 Å². The Kier molecular flexibility index (Phi) is 4.47. The maximum Gasteiger partial charge on any atom is 0.333 e. The molecule has 0 atom stereocenters. The van der Waals surface area contributed by atoms with Gasteiger partial charge in [0.2, 0.25) is 5.88 Å². The van der Waals surface area contributed by atoms with Gasteiger partial charge < -0.3 is 5.11 Å². The van der Waals surface area contributed by atoms with Crippen LogP contribution in [0.15, 0.2) is 14.6 Å². The van der Waals surface area contributed by atoms with Crippen molar-refractivity contribution in [3.8, 4) is 11.9 Å². The van der Waals surface area contributed by atoms with E-state index in [1.54, 1.807) is 0 Å². The van der Waals surface area contributed by atoms with Crippen LogP contribution in [0.4, 0.5) is 23.2 Å². The summed E-state index contributed by atoms with van der Waals surface area (Å²) in [6.07, 6.45) is 0.448. The Balaban J connectivity index is 2.74. The van der Waals surface area contributed by atoms with Crippen LogP contribution < -0.4 is 11.2 Å². The van der Waals surface area contributed by atoms with Crippen LogP contribution in [0, 0.1) is 34.6 Å². The summed E-state index contributed by atoms with van der Waals surface area (Å²) in [5.41, 5.74) is -5.49. The third-order valence-electron chi connectivity index (χ3n) is 3.34. The van der Waals surface area contributed by atoms with Gasteiger partial charge in [-0.1, -0.05) is 0 Å². The van der Waals surface area contributed by atoms with E-state index in [0.29, 0.717) is 15.3 Å². The van der Waals surface area contributed by atoms with Gasteiger partial charge in [0.05, 0.1) is 0 Å². The number of rotatable bonds is 2. The van der Waals surface area contributed by atoms with Gasteiger partial charge in [-0.3, -0.25) is 13.9 Å². The predicted octanol–water partition coefficient (Wildman–Crippen LogP) is 0.968. The van der Waals surface area contributed by atoms with E-state index in [4.69, 9.17) is 5.26 Å². The molecule has 0 aliphatic heterocycles. The van der Waals surface area contributed by atoms with Crippen LogP contribution in [0.2, 0.25) is 0 Å². The van der Waals surface area contributed by atoms with Crippen molar-refractivity contribution in [2.45, 2.75) is 0 Å². The van der Waals surface area contributed by atoms with Gasteiger partial charge in [0.25, 0.3) is 5.56 Å². The lowest BCUT2D eigenvalue weighted by Crippen LogP contribution is -2.38. The van der Waals surface area contributed by atoms with Crippen LogP contribution in [0.5, 0.6) is 5.88 Å². The summed E-state index contributed by atoms with van der Waals surface area (Å²) >= 11 is 0. The Morgan fingerprint density at radius 1 is 1.04 bits per heavy atom. The normalized spacial score (nSPS) is 11.1. The summed E-state index contributed by atoms with van der Waals surface area (Å²) in [4.78, 5) is 26.6. The molecule has 0 radical (unpaired) electrons. The summed E-state index contributed by atoms with van der Waals surface area (Å²) in [6.45, 7) is 0. The average Bonchev–Trinajstić information content (AvgIpc) is 2.59. The lowest BCUT2D eigenvalue weighted by Gasteiger charge is -2.07. The van der Waals surface area contributed by atoms with Crippen LogP contribution in [0.3, 0.4) is 0 Å². The summed E-state index contributed by atoms with van der Waals surface area (Å²) < 4.78 is 55.8. The fraction of sp³-hybridized carbons (Fsp3) is 0.143. The van der Waals surface area contributed by atoms with Gasteiger partial charge in [0.15, 0.2) is 23.3 Å². The molecular formula is C14H8F4N4O3. The number of nitriles is 1. The summed E-state index contributed by atoms with van der Waals surface area (Å²) in [7, 11) is 2.18. The second-order valence-electron chi connectivity index (χ2n) is 4.79. The number of nitrogens with zero attached hydrogens (tertiary/aromatic N) is 4. The standard InChI is InChI=1S/C14H8F4N4O3/c1-21-12(23)6(13(24)22(2)14(21)25)4-20-11-9(17)7(15)5(3-19)8(16)10(11)18/h4,23H,1-2H3. The highest BCUT2D eigenvalue weighted by Gasteiger charge is 2.25. The Hall–Kier alpha value is -3.42. The highest BCUT2D eigenvalue weighted by atomic mass is 19.2. The minimum absolute atomic E-state index is 0.448. The number of aromatic nitrogens is 2. The van der Waals surface area contributed by atoms with Crippen molar-refractivity contribution in [2.24, 2.45) is 19.1 Å². The molecule has 2 rings (SSSR count). The second kappa shape index (κ2) is 6.23. The van der Waals surface area contributed by atoms with E-state index in [2.05, 4.69) is 4.99 Å². The quantitative estimate of drug-likeness (QED) is 0.492. The van der Waals surface area contributed by atoms with Crippen LogP contribution in [0.25, 0.3) is 0 Å².